The summed E-state index contributed by atoms with van der Waals surface area (Å²) >= 11 is 0. The number of ether oxygens (including phenoxy) is 2. The minimum atomic E-state index is -0.387. The second kappa shape index (κ2) is 6.96. The number of pyridine rings is 1. The lowest BCUT2D eigenvalue weighted by Gasteiger charge is -2.14. The van der Waals surface area contributed by atoms with E-state index < -0.39 is 0 Å². The normalized spacial score (nSPS) is 10.8. The minimum Gasteiger partial charge on any atom is -0.497 e. The summed E-state index contributed by atoms with van der Waals surface area (Å²) in [5, 5.41) is 0. The Morgan fingerprint density at radius 2 is 1.78 bits per heavy atom. The lowest BCUT2D eigenvalue weighted by atomic mass is 10.0. The number of ketones is 1. The van der Waals surface area contributed by atoms with Crippen LogP contribution in [0.1, 0.15) is 17.3 Å². The highest BCUT2D eigenvalue weighted by Crippen LogP contribution is 2.32. The fraction of sp³-hybridized carbons (Fsp3) is 0.222. The SMILES string of the molecule is CC=CC(=O)c1c(OC)c(-c2ccc(OC)cc2)cn(C)c1=O. The lowest BCUT2D eigenvalue weighted by Crippen LogP contribution is -2.25. The van der Waals surface area contributed by atoms with E-state index in [9.17, 15) is 9.59 Å². The van der Waals surface area contributed by atoms with E-state index in [2.05, 4.69) is 0 Å². The summed E-state index contributed by atoms with van der Waals surface area (Å²) in [6.07, 6.45) is 4.62. The number of carbonyl (C=O) groups is 1. The van der Waals surface area contributed by atoms with Gasteiger partial charge in [-0.15, -0.1) is 0 Å². The third kappa shape index (κ3) is 3.18. The van der Waals surface area contributed by atoms with Crippen molar-refractivity contribution in [3.05, 3.63) is 58.5 Å². The van der Waals surface area contributed by atoms with Gasteiger partial charge in [0.25, 0.3) is 5.56 Å². The summed E-state index contributed by atoms with van der Waals surface area (Å²) in [5.74, 6) is 0.629. The highest BCUT2D eigenvalue weighted by Gasteiger charge is 2.21. The van der Waals surface area contributed by atoms with Crippen molar-refractivity contribution in [2.75, 3.05) is 14.2 Å². The van der Waals surface area contributed by atoms with Crippen LogP contribution in [-0.2, 0) is 7.05 Å². The molecule has 0 saturated heterocycles. The van der Waals surface area contributed by atoms with Crippen LogP contribution in [0.3, 0.4) is 0 Å². The summed E-state index contributed by atoms with van der Waals surface area (Å²) in [5.41, 5.74) is 1.14. The van der Waals surface area contributed by atoms with Crippen molar-refractivity contribution >= 4 is 5.78 Å². The standard InChI is InChI=1S/C18H19NO4/c1-5-6-15(20)16-17(23-4)14(11-19(2)18(16)21)12-7-9-13(22-3)10-8-12/h5-11H,1-4H3. The predicted octanol–water partition coefficient (Wildman–Crippen LogP) is 2.83. The number of carbonyl (C=O) groups excluding carboxylic acids is 1. The van der Waals surface area contributed by atoms with Crippen molar-refractivity contribution in [2.24, 2.45) is 7.05 Å². The van der Waals surface area contributed by atoms with Crippen LogP contribution in [0, 0.1) is 0 Å². The average Bonchev–Trinajstić information content (AvgIpc) is 2.57. The topological polar surface area (TPSA) is 57.5 Å². The number of methoxy groups -OCH3 is 2. The molecule has 0 fully saturated rings. The quantitative estimate of drug-likeness (QED) is 0.629. The van der Waals surface area contributed by atoms with Gasteiger partial charge in [-0.2, -0.15) is 0 Å². The molecule has 0 aliphatic rings. The minimum absolute atomic E-state index is 0.0291. The molecule has 5 heteroatoms. The maximum atomic E-state index is 12.4. The van der Waals surface area contributed by atoms with Crippen LogP contribution in [0.2, 0.25) is 0 Å². The highest BCUT2D eigenvalue weighted by molar-refractivity contribution is 6.07. The van der Waals surface area contributed by atoms with Crippen molar-refractivity contribution in [3.8, 4) is 22.6 Å². The number of aromatic nitrogens is 1. The molecule has 23 heavy (non-hydrogen) atoms. The van der Waals surface area contributed by atoms with E-state index in [0.29, 0.717) is 5.56 Å². The zero-order chi connectivity index (χ0) is 17.0. The molecule has 0 atom stereocenters. The first-order valence-corrected chi connectivity index (χ1v) is 7.12. The zero-order valence-electron chi connectivity index (χ0n) is 13.6. The summed E-state index contributed by atoms with van der Waals surface area (Å²) in [6, 6.07) is 7.33. The Labute approximate surface area is 134 Å². The summed E-state index contributed by atoms with van der Waals surface area (Å²) in [4.78, 5) is 24.6. The molecular weight excluding hydrogens is 294 g/mol. The van der Waals surface area contributed by atoms with Gasteiger partial charge < -0.3 is 14.0 Å². The number of allylic oxidation sites excluding steroid dienone is 2. The maximum absolute atomic E-state index is 12.4. The number of hydrogen-bond acceptors (Lipinski definition) is 4. The van der Waals surface area contributed by atoms with Gasteiger partial charge in [0.1, 0.15) is 17.1 Å². The summed E-state index contributed by atoms with van der Waals surface area (Å²) in [6.45, 7) is 1.72. The molecule has 0 N–H and O–H groups in total. The number of rotatable bonds is 5. The summed E-state index contributed by atoms with van der Waals surface area (Å²) in [7, 11) is 4.66. The van der Waals surface area contributed by atoms with E-state index in [1.54, 1.807) is 33.4 Å². The molecule has 2 rings (SSSR count). The largest absolute Gasteiger partial charge is 0.497 e. The molecule has 2 aromatic rings. The molecule has 5 nitrogen and oxygen atoms in total. The smallest absolute Gasteiger partial charge is 0.265 e. The van der Waals surface area contributed by atoms with Gasteiger partial charge in [0.15, 0.2) is 5.78 Å². The second-order valence-corrected chi connectivity index (χ2v) is 4.96. The van der Waals surface area contributed by atoms with Crippen LogP contribution in [0.5, 0.6) is 11.5 Å². The number of nitrogens with zero attached hydrogens (tertiary/aromatic N) is 1. The molecule has 0 saturated carbocycles. The van der Waals surface area contributed by atoms with Gasteiger partial charge in [-0.1, -0.05) is 18.2 Å². The van der Waals surface area contributed by atoms with Gasteiger partial charge in [-0.05, 0) is 30.7 Å². The number of benzene rings is 1. The lowest BCUT2D eigenvalue weighted by molar-refractivity contribution is 0.104. The molecule has 120 valence electrons. The first-order valence-electron chi connectivity index (χ1n) is 7.12. The molecule has 0 unspecified atom stereocenters. The van der Waals surface area contributed by atoms with Crippen LogP contribution in [0.15, 0.2) is 47.4 Å². The van der Waals surface area contributed by atoms with E-state index in [4.69, 9.17) is 9.47 Å². The molecule has 0 spiro atoms. The van der Waals surface area contributed by atoms with Gasteiger partial charge in [-0.3, -0.25) is 9.59 Å². The Kier molecular flexibility index (Phi) is 5.01. The van der Waals surface area contributed by atoms with Crippen molar-refractivity contribution < 1.29 is 14.3 Å². The first-order chi connectivity index (χ1) is 11.0. The molecule has 0 amide bonds. The molecule has 0 aliphatic carbocycles. The fourth-order valence-electron chi connectivity index (χ4n) is 2.36. The number of aryl methyl sites for hydroxylation is 1. The maximum Gasteiger partial charge on any atom is 0.265 e. The van der Waals surface area contributed by atoms with Gasteiger partial charge in [0.05, 0.1) is 14.2 Å². The molecule has 1 aromatic carbocycles. The first kappa shape index (κ1) is 16.5. The predicted molar refractivity (Wildman–Crippen MR) is 89.4 cm³/mol. The highest BCUT2D eigenvalue weighted by atomic mass is 16.5. The summed E-state index contributed by atoms with van der Waals surface area (Å²) < 4.78 is 11.9. The number of hydrogen-bond donors (Lipinski definition) is 0. The Hall–Kier alpha value is -2.82. The molecule has 0 aliphatic heterocycles. The zero-order valence-corrected chi connectivity index (χ0v) is 13.6. The molecular formula is C18H19NO4. The third-order valence-electron chi connectivity index (χ3n) is 3.50. The van der Waals surface area contributed by atoms with E-state index in [-0.39, 0.29) is 22.7 Å². The van der Waals surface area contributed by atoms with Crippen LogP contribution in [0.25, 0.3) is 11.1 Å². The fourth-order valence-corrected chi connectivity index (χ4v) is 2.36. The van der Waals surface area contributed by atoms with Crippen LogP contribution in [-0.4, -0.2) is 24.6 Å². The third-order valence-corrected chi connectivity index (χ3v) is 3.50. The van der Waals surface area contributed by atoms with Crippen LogP contribution < -0.4 is 15.0 Å². The Morgan fingerprint density at radius 3 is 2.30 bits per heavy atom. The van der Waals surface area contributed by atoms with Crippen LogP contribution in [0.4, 0.5) is 0 Å². The van der Waals surface area contributed by atoms with Crippen LogP contribution >= 0.6 is 0 Å². The second-order valence-electron chi connectivity index (χ2n) is 4.96. The van der Waals surface area contributed by atoms with Crippen molar-refractivity contribution in [3.63, 3.8) is 0 Å². The van der Waals surface area contributed by atoms with E-state index >= 15 is 0 Å². The Bertz CT molecular complexity index is 801. The molecule has 1 heterocycles. The van der Waals surface area contributed by atoms with Gasteiger partial charge in [0, 0.05) is 18.8 Å². The molecule has 0 bridgehead atoms. The van der Waals surface area contributed by atoms with E-state index in [1.807, 2.05) is 24.3 Å². The van der Waals surface area contributed by atoms with Gasteiger partial charge in [0.2, 0.25) is 0 Å². The van der Waals surface area contributed by atoms with Crippen molar-refractivity contribution in [1.82, 2.24) is 4.57 Å². The monoisotopic (exact) mass is 313 g/mol. The average molecular weight is 313 g/mol. The van der Waals surface area contributed by atoms with Crippen molar-refractivity contribution in [1.29, 1.82) is 0 Å². The Morgan fingerprint density at radius 1 is 1.13 bits per heavy atom. The van der Waals surface area contributed by atoms with E-state index in [0.717, 1.165) is 11.3 Å². The van der Waals surface area contributed by atoms with E-state index in [1.165, 1.54) is 17.8 Å². The van der Waals surface area contributed by atoms with Gasteiger partial charge >= 0.3 is 0 Å². The Balaban J connectivity index is 2.73. The molecule has 0 radical (unpaired) electrons. The molecule has 1 aromatic heterocycles. The van der Waals surface area contributed by atoms with Gasteiger partial charge in [-0.25, -0.2) is 0 Å². The van der Waals surface area contributed by atoms with Crippen molar-refractivity contribution in [2.45, 2.75) is 6.92 Å².